The van der Waals surface area contributed by atoms with E-state index in [4.69, 9.17) is 0 Å². The molecule has 1 heterocycles. The van der Waals surface area contributed by atoms with Crippen LogP contribution >= 0.6 is 28.3 Å². The molecule has 1 aliphatic rings. The highest BCUT2D eigenvalue weighted by Gasteiger charge is 2.16. The third-order valence-electron chi connectivity index (χ3n) is 3.70. The fourth-order valence-corrected chi connectivity index (χ4v) is 2.98. The summed E-state index contributed by atoms with van der Waals surface area (Å²) in [5, 5.41) is 8.63. The van der Waals surface area contributed by atoms with Crippen molar-refractivity contribution in [2.75, 3.05) is 13.1 Å². The van der Waals surface area contributed by atoms with Crippen molar-refractivity contribution in [2.45, 2.75) is 18.9 Å². The van der Waals surface area contributed by atoms with Gasteiger partial charge in [-0.15, -0.1) is 12.4 Å². The number of hydrogen-bond acceptors (Lipinski definition) is 2. The van der Waals surface area contributed by atoms with Gasteiger partial charge in [-0.2, -0.15) is 0 Å². The minimum absolute atomic E-state index is 0. The summed E-state index contributed by atoms with van der Waals surface area (Å²) in [6, 6.07) is 12.2. The molecular weight excluding hydrogens is 352 g/mol. The van der Waals surface area contributed by atoms with E-state index in [0.29, 0.717) is 0 Å². The van der Waals surface area contributed by atoms with Crippen LogP contribution in [0.2, 0.25) is 0 Å². The molecule has 0 unspecified atom stereocenters. The summed E-state index contributed by atoms with van der Waals surface area (Å²) < 4.78 is 1.05. The summed E-state index contributed by atoms with van der Waals surface area (Å²) in [7, 11) is 0. The van der Waals surface area contributed by atoms with E-state index in [1.54, 1.807) is 0 Å². The lowest BCUT2D eigenvalue weighted by atomic mass is 10.0. The van der Waals surface area contributed by atoms with E-state index in [2.05, 4.69) is 32.6 Å². The number of hydrogen-bond donors (Lipinski definition) is 2. The number of benzene rings is 2. The third-order valence-corrected chi connectivity index (χ3v) is 4.19. The van der Waals surface area contributed by atoms with Crippen LogP contribution in [0.15, 0.2) is 40.9 Å². The van der Waals surface area contributed by atoms with Gasteiger partial charge in [-0.1, -0.05) is 28.1 Å². The number of fused-ring (bicyclic) bond motifs is 1. The highest BCUT2D eigenvalue weighted by molar-refractivity contribution is 9.10. The zero-order valence-electron chi connectivity index (χ0n) is 11.6. The van der Waals surface area contributed by atoms with Crippen molar-refractivity contribution >= 4 is 45.0 Å². The van der Waals surface area contributed by atoms with Gasteiger partial charge in [0.25, 0.3) is 5.91 Å². The second-order valence-electron chi connectivity index (χ2n) is 5.22. The lowest BCUT2D eigenvalue weighted by Crippen LogP contribution is -2.45. The van der Waals surface area contributed by atoms with Crippen LogP contribution in [-0.4, -0.2) is 25.0 Å². The van der Waals surface area contributed by atoms with E-state index >= 15 is 0 Å². The molecule has 0 spiro atoms. The third kappa shape index (κ3) is 3.96. The molecule has 5 heteroatoms. The zero-order valence-corrected chi connectivity index (χ0v) is 14.0. The molecule has 1 fully saturated rings. The van der Waals surface area contributed by atoms with Crippen LogP contribution in [0.1, 0.15) is 23.2 Å². The summed E-state index contributed by atoms with van der Waals surface area (Å²) in [5.41, 5.74) is 0.727. The molecule has 112 valence electrons. The second kappa shape index (κ2) is 7.25. The van der Waals surface area contributed by atoms with Gasteiger partial charge in [0.15, 0.2) is 0 Å². The number of piperidine rings is 1. The Morgan fingerprint density at radius 3 is 2.71 bits per heavy atom. The Morgan fingerprint density at radius 1 is 1.19 bits per heavy atom. The fraction of sp³-hybridized carbons (Fsp3) is 0.312. The summed E-state index contributed by atoms with van der Waals surface area (Å²) in [6.07, 6.45) is 2.18. The van der Waals surface area contributed by atoms with Crippen molar-refractivity contribution in [1.82, 2.24) is 10.6 Å². The van der Waals surface area contributed by atoms with Gasteiger partial charge >= 0.3 is 0 Å². The molecule has 2 aromatic carbocycles. The predicted octanol–water partition coefficient (Wildman–Crippen LogP) is 3.51. The van der Waals surface area contributed by atoms with E-state index in [0.717, 1.165) is 46.7 Å². The Labute approximate surface area is 139 Å². The predicted molar refractivity (Wildman–Crippen MR) is 92.3 cm³/mol. The standard InChI is InChI=1S/C16H17BrN2O.ClH/c17-14-6-5-11-8-13(4-3-12(11)9-14)16(20)19-15-2-1-7-18-10-15;/h3-6,8-9,15,18H,1-2,7,10H2,(H,19,20);1H/t15-;/m0./s1. The number of carbonyl (C=O) groups excluding carboxylic acids is 1. The highest BCUT2D eigenvalue weighted by atomic mass is 79.9. The van der Waals surface area contributed by atoms with Crippen LogP contribution in [-0.2, 0) is 0 Å². The molecule has 1 aliphatic heterocycles. The van der Waals surface area contributed by atoms with E-state index in [1.807, 2.05) is 30.3 Å². The first-order valence-electron chi connectivity index (χ1n) is 6.93. The quantitative estimate of drug-likeness (QED) is 0.850. The maximum Gasteiger partial charge on any atom is 0.251 e. The van der Waals surface area contributed by atoms with Crippen molar-refractivity contribution in [2.24, 2.45) is 0 Å². The smallest absolute Gasteiger partial charge is 0.251 e. The van der Waals surface area contributed by atoms with Gasteiger partial charge in [0.2, 0.25) is 0 Å². The van der Waals surface area contributed by atoms with Gasteiger partial charge < -0.3 is 10.6 Å². The Morgan fingerprint density at radius 2 is 1.95 bits per heavy atom. The molecule has 0 aliphatic carbocycles. The molecule has 0 radical (unpaired) electrons. The topological polar surface area (TPSA) is 41.1 Å². The summed E-state index contributed by atoms with van der Waals surface area (Å²) in [4.78, 5) is 12.3. The first kappa shape index (κ1) is 16.3. The molecule has 0 bridgehead atoms. The van der Waals surface area contributed by atoms with Crippen molar-refractivity contribution in [3.8, 4) is 0 Å². The average molecular weight is 370 g/mol. The molecule has 3 nitrogen and oxygen atoms in total. The highest BCUT2D eigenvalue weighted by Crippen LogP contribution is 2.21. The molecule has 21 heavy (non-hydrogen) atoms. The van der Waals surface area contributed by atoms with Crippen LogP contribution < -0.4 is 10.6 Å². The maximum atomic E-state index is 12.3. The van der Waals surface area contributed by atoms with Gasteiger partial charge in [0, 0.05) is 22.6 Å². The molecule has 1 saturated heterocycles. The van der Waals surface area contributed by atoms with Gasteiger partial charge in [0.05, 0.1) is 0 Å². The zero-order chi connectivity index (χ0) is 13.9. The molecule has 1 amide bonds. The van der Waals surface area contributed by atoms with E-state index in [9.17, 15) is 4.79 Å². The largest absolute Gasteiger partial charge is 0.348 e. The number of halogens is 2. The van der Waals surface area contributed by atoms with Crippen LogP contribution in [0.3, 0.4) is 0 Å². The molecule has 2 N–H and O–H groups in total. The lowest BCUT2D eigenvalue weighted by molar-refractivity contribution is 0.0931. The first-order chi connectivity index (χ1) is 9.72. The monoisotopic (exact) mass is 368 g/mol. The summed E-state index contributed by atoms with van der Waals surface area (Å²) in [5.74, 6) is 0.0171. The number of amides is 1. The first-order valence-corrected chi connectivity index (χ1v) is 7.72. The van der Waals surface area contributed by atoms with E-state index in [-0.39, 0.29) is 24.4 Å². The Kier molecular flexibility index (Phi) is 5.62. The SMILES string of the molecule is Cl.O=C(N[C@H]1CCCNC1)c1ccc2cc(Br)ccc2c1. The lowest BCUT2D eigenvalue weighted by Gasteiger charge is -2.23. The van der Waals surface area contributed by atoms with E-state index < -0.39 is 0 Å². The molecular formula is C16H18BrClN2O. The van der Waals surface area contributed by atoms with Gasteiger partial charge in [-0.25, -0.2) is 0 Å². The maximum absolute atomic E-state index is 12.3. The van der Waals surface area contributed by atoms with Crippen LogP contribution in [0.4, 0.5) is 0 Å². The van der Waals surface area contributed by atoms with Crippen molar-refractivity contribution in [3.05, 3.63) is 46.4 Å². The average Bonchev–Trinajstić information content (AvgIpc) is 2.47. The molecule has 2 aromatic rings. The summed E-state index contributed by atoms with van der Waals surface area (Å²) in [6.45, 7) is 1.92. The van der Waals surface area contributed by atoms with Crippen LogP contribution in [0.5, 0.6) is 0 Å². The number of nitrogens with one attached hydrogen (secondary N) is 2. The molecule has 0 saturated carbocycles. The number of rotatable bonds is 2. The van der Waals surface area contributed by atoms with Gasteiger partial charge in [-0.3, -0.25) is 4.79 Å². The second-order valence-corrected chi connectivity index (χ2v) is 6.14. The van der Waals surface area contributed by atoms with Crippen molar-refractivity contribution in [3.63, 3.8) is 0 Å². The minimum Gasteiger partial charge on any atom is -0.348 e. The van der Waals surface area contributed by atoms with Gasteiger partial charge in [-0.05, 0) is 54.4 Å². The Bertz CT molecular complexity index is 641. The number of carbonyl (C=O) groups is 1. The Balaban J connectivity index is 0.00000161. The summed E-state index contributed by atoms with van der Waals surface area (Å²) >= 11 is 3.46. The molecule has 3 rings (SSSR count). The van der Waals surface area contributed by atoms with Crippen LogP contribution in [0, 0.1) is 0 Å². The fourth-order valence-electron chi connectivity index (χ4n) is 2.60. The Hall–Kier alpha value is -1.10. The van der Waals surface area contributed by atoms with Crippen molar-refractivity contribution in [1.29, 1.82) is 0 Å². The normalized spacial score (nSPS) is 18.0. The molecule has 1 atom stereocenters. The van der Waals surface area contributed by atoms with E-state index in [1.165, 1.54) is 0 Å². The van der Waals surface area contributed by atoms with Crippen LogP contribution in [0.25, 0.3) is 10.8 Å². The molecule has 0 aromatic heterocycles. The van der Waals surface area contributed by atoms with Gasteiger partial charge in [0.1, 0.15) is 0 Å². The minimum atomic E-state index is 0. The van der Waals surface area contributed by atoms with Crippen molar-refractivity contribution < 1.29 is 4.79 Å².